The van der Waals surface area contributed by atoms with Gasteiger partial charge in [-0.15, -0.1) is 0 Å². The summed E-state index contributed by atoms with van der Waals surface area (Å²) in [6.07, 6.45) is 9.40. The highest BCUT2D eigenvalue weighted by Crippen LogP contribution is 2.27. The second-order valence-electron chi connectivity index (χ2n) is 5.50. The molecule has 0 aromatic heterocycles. The molecule has 0 saturated carbocycles. The highest BCUT2D eigenvalue weighted by atomic mass is 16.7. The van der Waals surface area contributed by atoms with Crippen LogP contribution in [0.5, 0.6) is 0 Å². The summed E-state index contributed by atoms with van der Waals surface area (Å²) in [4.78, 5) is 23.9. The number of allylic oxidation sites excluding steroid dienone is 4. The van der Waals surface area contributed by atoms with Crippen LogP contribution < -0.4 is 5.32 Å². The lowest BCUT2D eigenvalue weighted by Gasteiger charge is -2.32. The molecule has 0 aliphatic carbocycles. The first-order valence-corrected chi connectivity index (χ1v) is 7.86. The van der Waals surface area contributed by atoms with Crippen LogP contribution in [0.15, 0.2) is 66.4 Å². The number of hydrogen-bond acceptors (Lipinski definition) is 5. The maximum absolute atomic E-state index is 11.9. The van der Waals surface area contributed by atoms with Crippen LogP contribution in [0.1, 0.15) is 26.7 Å². The summed E-state index contributed by atoms with van der Waals surface area (Å²) in [7, 11) is 0. The molecule has 1 heterocycles. The summed E-state index contributed by atoms with van der Waals surface area (Å²) < 4.78 is 10.4. The van der Waals surface area contributed by atoms with Crippen molar-refractivity contribution in [3.05, 3.63) is 66.4 Å². The minimum Gasteiger partial charge on any atom is -0.419 e. The molecule has 0 unspecified atom stereocenters. The molecule has 0 atom stereocenters. The lowest BCUT2D eigenvalue weighted by Crippen LogP contribution is -2.44. The van der Waals surface area contributed by atoms with Gasteiger partial charge >= 0.3 is 11.9 Å². The van der Waals surface area contributed by atoms with Gasteiger partial charge in [0.15, 0.2) is 0 Å². The van der Waals surface area contributed by atoms with Gasteiger partial charge in [-0.1, -0.05) is 37.3 Å². The van der Waals surface area contributed by atoms with Gasteiger partial charge in [0, 0.05) is 25.2 Å². The molecule has 0 bridgehead atoms. The highest BCUT2D eigenvalue weighted by molar-refractivity contribution is 6.15. The van der Waals surface area contributed by atoms with Crippen molar-refractivity contribution >= 4 is 17.6 Å². The van der Waals surface area contributed by atoms with Crippen LogP contribution >= 0.6 is 0 Å². The lowest BCUT2D eigenvalue weighted by atomic mass is 10.1. The molecular weight excluding hydrogens is 306 g/mol. The number of esters is 2. The molecular formula is C19H21NO4. The fraction of sp³-hybridized carbons (Fsp3) is 0.263. The molecule has 1 fully saturated rings. The van der Waals surface area contributed by atoms with Crippen molar-refractivity contribution in [2.75, 3.05) is 5.32 Å². The third kappa shape index (κ3) is 4.84. The molecule has 1 N–H and O–H groups in total. The average Bonchev–Trinajstić information content (AvgIpc) is 2.53. The van der Waals surface area contributed by atoms with E-state index >= 15 is 0 Å². The summed E-state index contributed by atoms with van der Waals surface area (Å²) in [5.41, 5.74) is 0.861. The second kappa shape index (κ2) is 8.15. The largest absolute Gasteiger partial charge is 0.419 e. The van der Waals surface area contributed by atoms with Crippen molar-refractivity contribution in [2.24, 2.45) is 0 Å². The predicted octanol–water partition coefficient (Wildman–Crippen LogP) is 3.71. The van der Waals surface area contributed by atoms with Crippen LogP contribution in [0.2, 0.25) is 0 Å². The number of anilines is 1. The molecule has 1 aliphatic heterocycles. The lowest BCUT2D eigenvalue weighted by molar-refractivity contribution is -0.230. The van der Waals surface area contributed by atoms with E-state index in [2.05, 4.69) is 5.32 Å². The zero-order valence-electron chi connectivity index (χ0n) is 13.8. The Hall–Kier alpha value is -2.82. The fourth-order valence-corrected chi connectivity index (χ4v) is 2.25. The number of carbonyl (C=O) groups excluding carboxylic acids is 2. The Balaban J connectivity index is 1.91. The van der Waals surface area contributed by atoms with E-state index in [9.17, 15) is 9.59 Å². The quantitative estimate of drug-likeness (QED) is 0.373. The minimum atomic E-state index is -1.16. The molecule has 126 valence electrons. The molecule has 5 nitrogen and oxygen atoms in total. The highest BCUT2D eigenvalue weighted by Gasteiger charge is 2.41. The average molecular weight is 327 g/mol. The molecule has 0 radical (unpaired) electrons. The minimum absolute atomic E-state index is 0.107. The third-order valence-electron chi connectivity index (χ3n) is 3.37. The van der Waals surface area contributed by atoms with Crippen molar-refractivity contribution < 1.29 is 19.1 Å². The van der Waals surface area contributed by atoms with Gasteiger partial charge in [0.05, 0.1) is 0 Å². The Morgan fingerprint density at radius 2 is 1.71 bits per heavy atom. The number of carbonyl (C=O) groups is 2. The standard InChI is InChI=1S/C19H21NO4/c1-3-13-19(2)23-17(21)16(18(22)24-19)12-8-5-9-14-20-15-10-6-4-7-11-15/h4-12,14,20H,3,13H2,1-2H3/b8-5+,14-9+,16-12?. The molecule has 24 heavy (non-hydrogen) atoms. The fourth-order valence-electron chi connectivity index (χ4n) is 2.25. The Bertz CT molecular complexity index is 654. The van der Waals surface area contributed by atoms with E-state index in [1.165, 1.54) is 6.08 Å². The van der Waals surface area contributed by atoms with E-state index in [1.807, 2.05) is 37.3 Å². The van der Waals surface area contributed by atoms with E-state index in [4.69, 9.17) is 9.47 Å². The van der Waals surface area contributed by atoms with Gasteiger partial charge < -0.3 is 14.8 Å². The number of benzene rings is 1. The molecule has 1 aromatic carbocycles. The maximum Gasteiger partial charge on any atom is 0.348 e. The Morgan fingerprint density at radius 3 is 2.33 bits per heavy atom. The van der Waals surface area contributed by atoms with Gasteiger partial charge in [-0.25, -0.2) is 9.59 Å². The van der Waals surface area contributed by atoms with Crippen LogP contribution in [0, 0.1) is 0 Å². The molecule has 1 aliphatic rings. The van der Waals surface area contributed by atoms with E-state index in [0.29, 0.717) is 6.42 Å². The topological polar surface area (TPSA) is 64.6 Å². The normalized spacial score (nSPS) is 21.0. The molecule has 2 rings (SSSR count). The number of nitrogens with one attached hydrogen (secondary N) is 1. The number of para-hydroxylation sites is 1. The number of ether oxygens (including phenoxy) is 2. The SMILES string of the molecule is CCCC1(C)OC(=O)C(=C/C=C/C=C/Nc2ccccc2)C(=O)O1. The van der Waals surface area contributed by atoms with E-state index in [-0.39, 0.29) is 5.57 Å². The Labute approximate surface area is 141 Å². The van der Waals surface area contributed by atoms with Gasteiger partial charge in [-0.3, -0.25) is 0 Å². The van der Waals surface area contributed by atoms with Crippen LogP contribution in [-0.2, 0) is 19.1 Å². The van der Waals surface area contributed by atoms with Crippen LogP contribution in [0.4, 0.5) is 5.69 Å². The van der Waals surface area contributed by atoms with Crippen molar-refractivity contribution in [1.29, 1.82) is 0 Å². The molecule has 1 saturated heterocycles. The first kappa shape index (κ1) is 17.5. The van der Waals surface area contributed by atoms with E-state index in [1.54, 1.807) is 31.4 Å². The molecule has 1 aromatic rings. The van der Waals surface area contributed by atoms with Crippen LogP contribution in [0.3, 0.4) is 0 Å². The summed E-state index contributed by atoms with van der Waals surface area (Å²) in [6.45, 7) is 3.52. The van der Waals surface area contributed by atoms with E-state index < -0.39 is 17.7 Å². The smallest absolute Gasteiger partial charge is 0.348 e. The van der Waals surface area contributed by atoms with Crippen LogP contribution in [0.25, 0.3) is 0 Å². The summed E-state index contributed by atoms with van der Waals surface area (Å²) in [6, 6.07) is 9.69. The first-order chi connectivity index (χ1) is 11.5. The van der Waals surface area contributed by atoms with Gasteiger partial charge in [0.2, 0.25) is 0 Å². The summed E-state index contributed by atoms with van der Waals surface area (Å²) in [5.74, 6) is -2.47. The number of hydrogen-bond donors (Lipinski definition) is 1. The van der Waals surface area contributed by atoms with Crippen LogP contribution in [-0.4, -0.2) is 17.7 Å². The molecule has 0 spiro atoms. The summed E-state index contributed by atoms with van der Waals surface area (Å²) in [5, 5.41) is 3.09. The zero-order chi connectivity index (χ0) is 17.4. The monoisotopic (exact) mass is 327 g/mol. The zero-order valence-corrected chi connectivity index (χ0v) is 13.8. The third-order valence-corrected chi connectivity index (χ3v) is 3.37. The maximum atomic E-state index is 11.9. The van der Waals surface area contributed by atoms with Crippen molar-refractivity contribution in [3.8, 4) is 0 Å². The Kier molecular flexibility index (Phi) is 5.95. The second-order valence-corrected chi connectivity index (χ2v) is 5.50. The molecule has 5 heteroatoms. The van der Waals surface area contributed by atoms with Crippen molar-refractivity contribution in [1.82, 2.24) is 0 Å². The number of cyclic esters (lactones) is 2. The predicted molar refractivity (Wildman–Crippen MR) is 91.9 cm³/mol. The van der Waals surface area contributed by atoms with Gasteiger partial charge in [0.25, 0.3) is 5.79 Å². The molecule has 0 amide bonds. The number of rotatable bonds is 6. The first-order valence-electron chi connectivity index (χ1n) is 7.86. The van der Waals surface area contributed by atoms with Gasteiger partial charge in [-0.2, -0.15) is 0 Å². The summed E-state index contributed by atoms with van der Waals surface area (Å²) >= 11 is 0. The van der Waals surface area contributed by atoms with Gasteiger partial charge in [0.1, 0.15) is 5.57 Å². The Morgan fingerprint density at radius 1 is 1.04 bits per heavy atom. The van der Waals surface area contributed by atoms with E-state index in [0.717, 1.165) is 12.1 Å². The van der Waals surface area contributed by atoms with Crippen molar-refractivity contribution in [3.63, 3.8) is 0 Å². The van der Waals surface area contributed by atoms with Crippen molar-refractivity contribution in [2.45, 2.75) is 32.5 Å². The van der Waals surface area contributed by atoms with Gasteiger partial charge in [-0.05, 0) is 30.7 Å².